The molecule has 134 valence electrons. The average molecular weight is 349 g/mol. The van der Waals surface area contributed by atoms with Gasteiger partial charge in [0.1, 0.15) is 0 Å². The van der Waals surface area contributed by atoms with Gasteiger partial charge >= 0.3 is 0 Å². The molecular formula is C20H23N5O. The number of carbonyl (C=O) groups excluding carboxylic acids is 1. The van der Waals surface area contributed by atoms with Crippen LogP contribution in [0.4, 0.5) is 5.95 Å². The quantitative estimate of drug-likeness (QED) is 0.828. The minimum atomic E-state index is 0.193. The van der Waals surface area contributed by atoms with Gasteiger partial charge in [-0.05, 0) is 43.9 Å². The maximum absolute atomic E-state index is 13.1. The number of amides is 1. The van der Waals surface area contributed by atoms with E-state index in [0.29, 0.717) is 11.8 Å². The van der Waals surface area contributed by atoms with Gasteiger partial charge in [-0.1, -0.05) is 0 Å². The van der Waals surface area contributed by atoms with Crippen LogP contribution in [0.2, 0.25) is 0 Å². The number of nitrogens with zero attached hydrogens (tertiary/aromatic N) is 5. The third-order valence-electron chi connectivity index (χ3n) is 6.05. The number of hydrogen-bond donors (Lipinski definition) is 0. The fourth-order valence-electron chi connectivity index (χ4n) is 4.74. The van der Waals surface area contributed by atoms with Gasteiger partial charge in [-0.3, -0.25) is 9.78 Å². The molecule has 2 aromatic heterocycles. The van der Waals surface area contributed by atoms with Crippen LogP contribution in [0, 0.1) is 18.8 Å². The number of fused-ring (bicyclic) bond motifs is 2. The van der Waals surface area contributed by atoms with Gasteiger partial charge in [-0.2, -0.15) is 0 Å². The van der Waals surface area contributed by atoms with Gasteiger partial charge in [-0.15, -0.1) is 0 Å². The van der Waals surface area contributed by atoms with Crippen molar-refractivity contribution in [3.8, 4) is 0 Å². The standard InChI is InChI=1S/C20H23N5O/c1-13-5-7-22-20(23-13)25-11-14-9-24(10-15(14)12-25)19(26)17-6-8-21-18-4-2-3-16(17)18/h5-8,14-15H,2-4,9-12H2,1H3/t14-,15+. The molecule has 0 N–H and O–H groups in total. The second-order valence-electron chi connectivity index (χ2n) is 7.77. The average Bonchev–Trinajstić information content (AvgIpc) is 3.34. The number of pyridine rings is 1. The third kappa shape index (κ3) is 2.55. The number of rotatable bonds is 2. The van der Waals surface area contributed by atoms with E-state index in [1.165, 1.54) is 5.56 Å². The van der Waals surface area contributed by atoms with E-state index in [9.17, 15) is 4.79 Å². The first-order chi connectivity index (χ1) is 12.7. The number of likely N-dealkylation sites (tertiary alicyclic amines) is 1. The first-order valence-electron chi connectivity index (χ1n) is 9.49. The van der Waals surface area contributed by atoms with E-state index < -0.39 is 0 Å². The van der Waals surface area contributed by atoms with Gasteiger partial charge in [-0.25, -0.2) is 9.97 Å². The number of carbonyl (C=O) groups is 1. The van der Waals surface area contributed by atoms with Crippen molar-refractivity contribution in [1.82, 2.24) is 19.9 Å². The van der Waals surface area contributed by atoms with Crippen LogP contribution in [0.15, 0.2) is 24.5 Å². The van der Waals surface area contributed by atoms with Crippen LogP contribution < -0.4 is 4.90 Å². The highest BCUT2D eigenvalue weighted by atomic mass is 16.2. The van der Waals surface area contributed by atoms with Crippen molar-refractivity contribution in [2.24, 2.45) is 11.8 Å². The molecule has 0 radical (unpaired) electrons. The molecule has 2 aromatic rings. The lowest BCUT2D eigenvalue weighted by molar-refractivity contribution is 0.0781. The zero-order chi connectivity index (χ0) is 17.7. The fourth-order valence-corrected chi connectivity index (χ4v) is 4.74. The van der Waals surface area contributed by atoms with Gasteiger partial charge in [0.05, 0.1) is 0 Å². The molecule has 1 amide bonds. The zero-order valence-electron chi connectivity index (χ0n) is 15.1. The highest BCUT2D eigenvalue weighted by Crippen LogP contribution is 2.34. The van der Waals surface area contributed by atoms with Crippen LogP contribution in [0.5, 0.6) is 0 Å². The van der Waals surface area contributed by atoms with Gasteiger partial charge in [0, 0.05) is 67.4 Å². The SMILES string of the molecule is Cc1ccnc(N2C[C@H]3CN(C(=O)c4ccnc5c4CCC5)C[C@H]3C2)n1. The summed E-state index contributed by atoms with van der Waals surface area (Å²) in [5.74, 6) is 2.04. The van der Waals surface area contributed by atoms with Crippen LogP contribution in [-0.2, 0) is 12.8 Å². The van der Waals surface area contributed by atoms with Gasteiger partial charge in [0.2, 0.25) is 5.95 Å². The predicted molar refractivity (Wildman–Crippen MR) is 98.1 cm³/mol. The van der Waals surface area contributed by atoms with Gasteiger partial charge < -0.3 is 9.80 Å². The number of hydrogen-bond acceptors (Lipinski definition) is 5. The van der Waals surface area contributed by atoms with Crippen LogP contribution in [0.3, 0.4) is 0 Å². The molecule has 0 saturated carbocycles. The molecule has 2 fully saturated rings. The van der Waals surface area contributed by atoms with E-state index in [4.69, 9.17) is 0 Å². The summed E-state index contributed by atoms with van der Waals surface area (Å²) >= 11 is 0. The van der Waals surface area contributed by atoms with Crippen LogP contribution in [-0.4, -0.2) is 51.9 Å². The Morgan fingerprint density at radius 2 is 1.81 bits per heavy atom. The number of aryl methyl sites for hydroxylation is 2. The summed E-state index contributed by atoms with van der Waals surface area (Å²) in [6.45, 7) is 5.54. The Balaban J connectivity index is 1.30. The molecule has 6 heteroatoms. The molecule has 0 bridgehead atoms. The monoisotopic (exact) mass is 349 g/mol. The van der Waals surface area contributed by atoms with E-state index in [0.717, 1.165) is 68.3 Å². The molecule has 2 saturated heterocycles. The van der Waals surface area contributed by atoms with Crippen LogP contribution in [0.25, 0.3) is 0 Å². The summed E-state index contributed by atoms with van der Waals surface area (Å²) in [7, 11) is 0. The van der Waals surface area contributed by atoms with Crippen molar-refractivity contribution in [3.63, 3.8) is 0 Å². The first kappa shape index (κ1) is 15.7. The minimum Gasteiger partial charge on any atom is -0.340 e. The predicted octanol–water partition coefficient (Wildman–Crippen LogP) is 1.88. The van der Waals surface area contributed by atoms with Crippen molar-refractivity contribution in [2.45, 2.75) is 26.2 Å². The lowest BCUT2D eigenvalue weighted by Crippen LogP contribution is -2.34. The van der Waals surface area contributed by atoms with E-state index >= 15 is 0 Å². The normalized spacial score (nSPS) is 24.0. The topological polar surface area (TPSA) is 62.2 Å². The van der Waals surface area contributed by atoms with Crippen molar-refractivity contribution in [3.05, 3.63) is 47.0 Å². The molecule has 6 nitrogen and oxygen atoms in total. The largest absolute Gasteiger partial charge is 0.340 e. The van der Waals surface area contributed by atoms with Crippen molar-refractivity contribution >= 4 is 11.9 Å². The number of anilines is 1. The smallest absolute Gasteiger partial charge is 0.254 e. The molecular weight excluding hydrogens is 326 g/mol. The minimum absolute atomic E-state index is 0.193. The van der Waals surface area contributed by atoms with Crippen molar-refractivity contribution < 1.29 is 4.79 Å². The Kier molecular flexibility index (Phi) is 3.65. The molecule has 2 atom stereocenters. The van der Waals surface area contributed by atoms with E-state index in [1.807, 2.05) is 25.3 Å². The molecule has 5 rings (SSSR count). The lowest BCUT2D eigenvalue weighted by atomic mass is 10.0. The summed E-state index contributed by atoms with van der Waals surface area (Å²) in [4.78, 5) is 30.8. The number of aromatic nitrogens is 3. The summed E-state index contributed by atoms with van der Waals surface area (Å²) in [5.41, 5.74) is 4.18. The summed E-state index contributed by atoms with van der Waals surface area (Å²) in [5, 5.41) is 0. The van der Waals surface area contributed by atoms with Gasteiger partial charge in [0.25, 0.3) is 5.91 Å². The molecule has 2 aliphatic heterocycles. The Morgan fingerprint density at radius 1 is 1.04 bits per heavy atom. The Labute approximate surface area is 153 Å². The molecule has 3 aliphatic rings. The van der Waals surface area contributed by atoms with Gasteiger partial charge in [0.15, 0.2) is 0 Å². The molecule has 4 heterocycles. The maximum Gasteiger partial charge on any atom is 0.254 e. The lowest BCUT2D eigenvalue weighted by Gasteiger charge is -2.22. The van der Waals surface area contributed by atoms with E-state index in [-0.39, 0.29) is 5.91 Å². The maximum atomic E-state index is 13.1. The molecule has 0 aromatic carbocycles. The van der Waals surface area contributed by atoms with Crippen molar-refractivity contribution in [2.75, 3.05) is 31.1 Å². The third-order valence-corrected chi connectivity index (χ3v) is 6.05. The highest BCUT2D eigenvalue weighted by Gasteiger charge is 2.42. The highest BCUT2D eigenvalue weighted by molar-refractivity contribution is 5.96. The molecule has 0 spiro atoms. The fraction of sp³-hybridized carbons (Fsp3) is 0.500. The van der Waals surface area contributed by atoms with Crippen LogP contribution >= 0.6 is 0 Å². The molecule has 1 aliphatic carbocycles. The summed E-state index contributed by atoms with van der Waals surface area (Å²) < 4.78 is 0. The zero-order valence-corrected chi connectivity index (χ0v) is 15.1. The second kappa shape index (κ2) is 6.04. The van der Waals surface area contributed by atoms with E-state index in [1.54, 1.807) is 6.20 Å². The first-order valence-corrected chi connectivity index (χ1v) is 9.49. The Morgan fingerprint density at radius 3 is 2.58 bits per heavy atom. The second-order valence-corrected chi connectivity index (χ2v) is 7.77. The Hall–Kier alpha value is -2.50. The summed E-state index contributed by atoms with van der Waals surface area (Å²) in [6.07, 6.45) is 6.73. The van der Waals surface area contributed by atoms with Crippen LogP contribution in [0.1, 0.15) is 33.7 Å². The van der Waals surface area contributed by atoms with E-state index in [2.05, 4.69) is 24.8 Å². The molecule has 26 heavy (non-hydrogen) atoms. The summed E-state index contributed by atoms with van der Waals surface area (Å²) in [6, 6.07) is 3.83. The Bertz CT molecular complexity index is 853. The van der Waals surface area contributed by atoms with Crippen molar-refractivity contribution in [1.29, 1.82) is 0 Å². The molecule has 0 unspecified atom stereocenters.